The van der Waals surface area contributed by atoms with Crippen molar-refractivity contribution in [1.82, 2.24) is 14.9 Å². The molecule has 2 aliphatic rings. The van der Waals surface area contributed by atoms with Crippen molar-refractivity contribution in [3.63, 3.8) is 0 Å². The molecular formula is C21H21ClN4O2. The van der Waals surface area contributed by atoms with Crippen LogP contribution >= 0.6 is 11.6 Å². The van der Waals surface area contributed by atoms with Gasteiger partial charge in [0.25, 0.3) is 5.91 Å². The Morgan fingerprint density at radius 1 is 1.29 bits per heavy atom. The second kappa shape index (κ2) is 6.18. The van der Waals surface area contributed by atoms with Crippen LogP contribution in [0.3, 0.4) is 0 Å². The second-order valence-corrected chi connectivity index (χ2v) is 9.02. The molecule has 144 valence electrons. The van der Waals surface area contributed by atoms with Gasteiger partial charge in [0.15, 0.2) is 0 Å². The molecule has 2 aromatic rings. The first kappa shape index (κ1) is 18.7. The summed E-state index contributed by atoms with van der Waals surface area (Å²) >= 11 is 6.15. The van der Waals surface area contributed by atoms with Gasteiger partial charge in [0.05, 0.1) is 28.4 Å². The molecule has 6 nitrogen and oxygen atoms in total. The zero-order valence-electron chi connectivity index (χ0n) is 16.2. The van der Waals surface area contributed by atoms with E-state index in [1.54, 1.807) is 24.4 Å². The molecule has 1 aromatic carbocycles. The van der Waals surface area contributed by atoms with Crippen LogP contribution in [0.25, 0.3) is 0 Å². The Bertz CT molecular complexity index is 996. The third-order valence-corrected chi connectivity index (χ3v) is 6.31. The highest BCUT2D eigenvalue weighted by molar-refractivity contribution is 6.31. The number of hydrogen-bond acceptors (Lipinski definition) is 5. The molecule has 1 fully saturated rings. The van der Waals surface area contributed by atoms with Crippen LogP contribution < -0.4 is 4.74 Å². The molecule has 2 heterocycles. The van der Waals surface area contributed by atoms with E-state index in [0.717, 1.165) is 5.69 Å². The Balaban J connectivity index is 1.60. The highest BCUT2D eigenvalue weighted by Crippen LogP contribution is 2.58. The van der Waals surface area contributed by atoms with Gasteiger partial charge in [-0.15, -0.1) is 0 Å². The molecule has 28 heavy (non-hydrogen) atoms. The van der Waals surface area contributed by atoms with E-state index >= 15 is 0 Å². The number of rotatable bonds is 3. The summed E-state index contributed by atoms with van der Waals surface area (Å²) in [5, 5.41) is 9.42. The van der Waals surface area contributed by atoms with E-state index in [1.165, 1.54) is 6.33 Å². The molecule has 0 N–H and O–H groups in total. The average Bonchev–Trinajstić information content (AvgIpc) is 2.95. The van der Waals surface area contributed by atoms with Gasteiger partial charge >= 0.3 is 0 Å². The van der Waals surface area contributed by atoms with Gasteiger partial charge in [0.2, 0.25) is 0 Å². The van der Waals surface area contributed by atoms with E-state index in [9.17, 15) is 4.79 Å². The highest BCUT2D eigenvalue weighted by Gasteiger charge is 2.67. The second-order valence-electron chi connectivity index (χ2n) is 8.61. The summed E-state index contributed by atoms with van der Waals surface area (Å²) in [5.74, 6) is 0.595. The van der Waals surface area contributed by atoms with Gasteiger partial charge in [0.1, 0.15) is 24.3 Å². The van der Waals surface area contributed by atoms with Crippen LogP contribution in [0.4, 0.5) is 0 Å². The fourth-order valence-corrected chi connectivity index (χ4v) is 5.48. The van der Waals surface area contributed by atoms with E-state index in [-0.39, 0.29) is 28.9 Å². The van der Waals surface area contributed by atoms with Crippen molar-refractivity contribution in [3.05, 3.63) is 52.6 Å². The minimum absolute atomic E-state index is 0.0134. The maximum absolute atomic E-state index is 12.9. The van der Waals surface area contributed by atoms with Crippen LogP contribution in [-0.4, -0.2) is 32.9 Å². The smallest absolute Gasteiger partial charge is 0.257 e. The fraction of sp³-hybridized carbons (Fsp3) is 0.429. The van der Waals surface area contributed by atoms with Crippen molar-refractivity contribution in [3.8, 4) is 11.8 Å². The minimum Gasteiger partial charge on any atom is -0.489 e. The Labute approximate surface area is 169 Å². The third-order valence-electron chi connectivity index (χ3n) is 5.99. The fourth-order valence-electron chi connectivity index (χ4n) is 5.27. The summed E-state index contributed by atoms with van der Waals surface area (Å²) in [4.78, 5) is 23.1. The Morgan fingerprint density at radius 2 is 2.00 bits per heavy atom. The standard InChI is InChI=1S/C21H21ClN4O2/c1-20(2)18(26-10-16-14(17(26)27)9-24-11-25-16)21(3,4)19(20)28-13-6-5-12(8-23)15(22)7-13/h5-7,9,11,18-19H,10H2,1-4H3. The lowest BCUT2D eigenvalue weighted by molar-refractivity contribution is -0.199. The quantitative estimate of drug-likeness (QED) is 0.787. The van der Waals surface area contributed by atoms with Crippen LogP contribution in [0.15, 0.2) is 30.7 Å². The van der Waals surface area contributed by atoms with Gasteiger partial charge in [-0.3, -0.25) is 4.79 Å². The van der Waals surface area contributed by atoms with Crippen LogP contribution in [0.1, 0.15) is 49.3 Å². The molecule has 0 bridgehead atoms. The van der Waals surface area contributed by atoms with Gasteiger partial charge < -0.3 is 9.64 Å². The summed E-state index contributed by atoms with van der Waals surface area (Å²) in [6, 6.07) is 7.13. The summed E-state index contributed by atoms with van der Waals surface area (Å²) in [7, 11) is 0. The summed E-state index contributed by atoms with van der Waals surface area (Å²) in [6.07, 6.45) is 2.94. The first-order chi connectivity index (χ1) is 13.2. The summed E-state index contributed by atoms with van der Waals surface area (Å²) in [6.45, 7) is 8.94. The number of ether oxygens (including phenoxy) is 1. The van der Waals surface area contributed by atoms with Crippen molar-refractivity contribution in [2.45, 2.75) is 46.4 Å². The number of fused-ring (bicyclic) bond motifs is 1. The molecule has 1 aliphatic heterocycles. The molecular weight excluding hydrogens is 376 g/mol. The molecule has 0 spiro atoms. The number of aromatic nitrogens is 2. The maximum Gasteiger partial charge on any atom is 0.257 e. The zero-order valence-corrected chi connectivity index (χ0v) is 17.0. The van der Waals surface area contributed by atoms with Crippen molar-refractivity contribution in [1.29, 1.82) is 5.26 Å². The predicted molar refractivity (Wildman–Crippen MR) is 104 cm³/mol. The number of carbonyl (C=O) groups excluding carboxylic acids is 1. The van der Waals surface area contributed by atoms with Crippen LogP contribution in [0.5, 0.6) is 5.75 Å². The lowest BCUT2D eigenvalue weighted by Crippen LogP contribution is -2.74. The molecule has 0 unspecified atom stereocenters. The van der Waals surface area contributed by atoms with Crippen LogP contribution in [0.2, 0.25) is 5.02 Å². The lowest BCUT2D eigenvalue weighted by Gasteiger charge is -2.65. The van der Waals surface area contributed by atoms with Gasteiger partial charge in [-0.2, -0.15) is 5.26 Å². The molecule has 1 aliphatic carbocycles. The van der Waals surface area contributed by atoms with E-state index in [1.807, 2.05) is 4.90 Å². The van der Waals surface area contributed by atoms with Crippen LogP contribution in [-0.2, 0) is 6.54 Å². The van der Waals surface area contributed by atoms with E-state index < -0.39 is 0 Å². The summed E-state index contributed by atoms with van der Waals surface area (Å²) < 4.78 is 6.30. The average molecular weight is 397 g/mol. The number of nitrogens with zero attached hydrogens (tertiary/aromatic N) is 4. The highest BCUT2D eigenvalue weighted by atomic mass is 35.5. The normalized spacial score (nSPS) is 24.3. The number of benzene rings is 1. The SMILES string of the molecule is CC1(C)C(Oc2ccc(C#N)c(Cl)c2)C(C)(C)C1N1Cc2ncncc2C1=O. The molecule has 0 radical (unpaired) electrons. The van der Waals surface area contributed by atoms with E-state index in [4.69, 9.17) is 21.6 Å². The lowest BCUT2D eigenvalue weighted by atomic mass is 9.49. The molecule has 0 saturated heterocycles. The molecule has 0 atom stereocenters. The van der Waals surface area contributed by atoms with Crippen molar-refractivity contribution in [2.24, 2.45) is 10.8 Å². The number of carbonyl (C=O) groups is 1. The Morgan fingerprint density at radius 3 is 2.61 bits per heavy atom. The van der Waals surface area contributed by atoms with Gasteiger partial charge in [0, 0.05) is 29.1 Å². The van der Waals surface area contributed by atoms with E-state index in [2.05, 4.69) is 43.7 Å². The van der Waals surface area contributed by atoms with Gasteiger partial charge in [-0.25, -0.2) is 9.97 Å². The Kier molecular flexibility index (Phi) is 4.13. The van der Waals surface area contributed by atoms with Crippen molar-refractivity contribution < 1.29 is 9.53 Å². The monoisotopic (exact) mass is 396 g/mol. The first-order valence-corrected chi connectivity index (χ1v) is 9.52. The number of nitriles is 1. The molecule has 1 saturated carbocycles. The summed E-state index contributed by atoms with van der Waals surface area (Å²) in [5.41, 5.74) is 1.21. The topological polar surface area (TPSA) is 79.1 Å². The van der Waals surface area contributed by atoms with Gasteiger partial charge in [-0.05, 0) is 12.1 Å². The van der Waals surface area contributed by atoms with E-state index in [0.29, 0.717) is 28.4 Å². The van der Waals surface area contributed by atoms with Crippen LogP contribution in [0, 0.1) is 22.2 Å². The molecule has 1 amide bonds. The first-order valence-electron chi connectivity index (χ1n) is 9.14. The van der Waals surface area contributed by atoms with Crippen molar-refractivity contribution >= 4 is 17.5 Å². The number of amides is 1. The molecule has 7 heteroatoms. The third kappa shape index (κ3) is 2.57. The maximum atomic E-state index is 12.9. The molecule has 4 rings (SSSR count). The van der Waals surface area contributed by atoms with Gasteiger partial charge in [-0.1, -0.05) is 39.3 Å². The minimum atomic E-state index is -0.283. The number of halogens is 1. The van der Waals surface area contributed by atoms with Crippen molar-refractivity contribution in [2.75, 3.05) is 0 Å². The predicted octanol–water partition coefficient (Wildman–Crippen LogP) is 3.84. The number of hydrogen-bond donors (Lipinski definition) is 0. The zero-order chi connectivity index (χ0) is 20.3. The Hall–Kier alpha value is -2.65. The molecule has 1 aromatic heterocycles. The largest absolute Gasteiger partial charge is 0.489 e.